The van der Waals surface area contributed by atoms with Gasteiger partial charge in [0.05, 0.1) is 32.4 Å². The summed E-state index contributed by atoms with van der Waals surface area (Å²) in [6, 6.07) is 2.01. The van der Waals surface area contributed by atoms with E-state index in [-0.39, 0.29) is 12.2 Å². The molecule has 1 aromatic carbocycles. The highest BCUT2D eigenvalue weighted by Crippen LogP contribution is 2.32. The maximum Gasteiger partial charge on any atom is 0.336 e. The number of nitrogens with two attached hydrogens (primary N) is 1. The van der Waals surface area contributed by atoms with Crippen molar-refractivity contribution in [2.24, 2.45) is 5.73 Å². The molecule has 0 unspecified atom stereocenters. The van der Waals surface area contributed by atoms with Crippen LogP contribution in [-0.2, 0) is 0 Å². The SMILES string of the molecule is COc1cc(C(=O)O)c([C@H](N)CO)cc1OC. The minimum Gasteiger partial charge on any atom is -0.493 e. The molecule has 0 aliphatic rings. The zero-order chi connectivity index (χ0) is 13.0. The van der Waals surface area contributed by atoms with Crippen molar-refractivity contribution < 1.29 is 24.5 Å². The molecular formula is C11H15NO5. The van der Waals surface area contributed by atoms with Crippen LogP contribution >= 0.6 is 0 Å². The van der Waals surface area contributed by atoms with E-state index < -0.39 is 12.0 Å². The van der Waals surface area contributed by atoms with E-state index in [0.29, 0.717) is 17.1 Å². The van der Waals surface area contributed by atoms with Gasteiger partial charge in [0.1, 0.15) is 0 Å². The van der Waals surface area contributed by atoms with Gasteiger partial charge in [0.2, 0.25) is 0 Å². The van der Waals surface area contributed by atoms with Crippen LogP contribution in [0.2, 0.25) is 0 Å². The Hall–Kier alpha value is -1.79. The van der Waals surface area contributed by atoms with Crippen molar-refractivity contribution in [1.82, 2.24) is 0 Å². The highest BCUT2D eigenvalue weighted by molar-refractivity contribution is 5.90. The van der Waals surface area contributed by atoms with Crippen molar-refractivity contribution in [2.45, 2.75) is 6.04 Å². The molecule has 1 rings (SSSR count). The lowest BCUT2D eigenvalue weighted by Gasteiger charge is -2.16. The molecule has 0 saturated heterocycles. The number of carboxylic acid groups (broad SMARTS) is 1. The molecule has 0 heterocycles. The second-order valence-electron chi connectivity index (χ2n) is 3.39. The molecule has 0 fully saturated rings. The van der Waals surface area contributed by atoms with Crippen LogP contribution in [0.15, 0.2) is 12.1 Å². The second-order valence-corrected chi connectivity index (χ2v) is 3.39. The van der Waals surface area contributed by atoms with Crippen LogP contribution in [0.3, 0.4) is 0 Å². The lowest BCUT2D eigenvalue weighted by molar-refractivity contribution is 0.0694. The van der Waals surface area contributed by atoms with Gasteiger partial charge in [0, 0.05) is 0 Å². The lowest BCUT2D eigenvalue weighted by atomic mass is 10.0. The maximum absolute atomic E-state index is 11.1. The topological polar surface area (TPSA) is 102 Å². The summed E-state index contributed by atoms with van der Waals surface area (Å²) < 4.78 is 10.1. The van der Waals surface area contributed by atoms with Gasteiger partial charge in [-0.2, -0.15) is 0 Å². The number of hydrogen-bond acceptors (Lipinski definition) is 5. The van der Waals surface area contributed by atoms with E-state index in [0.717, 1.165) is 0 Å². The molecular weight excluding hydrogens is 226 g/mol. The van der Waals surface area contributed by atoms with Gasteiger partial charge in [-0.3, -0.25) is 0 Å². The van der Waals surface area contributed by atoms with Crippen LogP contribution in [-0.4, -0.2) is 37.0 Å². The van der Waals surface area contributed by atoms with Crippen molar-refractivity contribution >= 4 is 5.97 Å². The second kappa shape index (κ2) is 5.51. The fourth-order valence-electron chi connectivity index (χ4n) is 1.49. The lowest BCUT2D eigenvalue weighted by Crippen LogP contribution is -2.18. The van der Waals surface area contributed by atoms with Crippen LogP contribution in [0.5, 0.6) is 11.5 Å². The minimum absolute atomic E-state index is 0.01000. The first-order valence-electron chi connectivity index (χ1n) is 4.90. The number of aromatic carboxylic acids is 1. The van der Waals surface area contributed by atoms with Crippen LogP contribution in [0.1, 0.15) is 22.0 Å². The smallest absolute Gasteiger partial charge is 0.336 e. The van der Waals surface area contributed by atoms with E-state index in [9.17, 15) is 4.79 Å². The Labute approximate surface area is 98.6 Å². The first-order valence-corrected chi connectivity index (χ1v) is 4.90. The molecule has 4 N–H and O–H groups in total. The number of rotatable bonds is 5. The summed E-state index contributed by atoms with van der Waals surface area (Å²) >= 11 is 0. The average Bonchev–Trinajstić information content (AvgIpc) is 2.35. The van der Waals surface area contributed by atoms with Gasteiger partial charge in [-0.25, -0.2) is 4.79 Å². The Balaban J connectivity index is 3.40. The van der Waals surface area contributed by atoms with Gasteiger partial charge in [0.15, 0.2) is 11.5 Å². The third kappa shape index (κ3) is 2.66. The quantitative estimate of drug-likeness (QED) is 0.689. The zero-order valence-corrected chi connectivity index (χ0v) is 9.64. The van der Waals surface area contributed by atoms with E-state index in [1.54, 1.807) is 0 Å². The fourth-order valence-corrected chi connectivity index (χ4v) is 1.49. The van der Waals surface area contributed by atoms with Gasteiger partial charge >= 0.3 is 5.97 Å². The van der Waals surface area contributed by atoms with Crippen LogP contribution in [0.25, 0.3) is 0 Å². The number of carboxylic acids is 1. The molecule has 94 valence electrons. The molecule has 0 aliphatic heterocycles. The molecule has 0 saturated carbocycles. The van der Waals surface area contributed by atoms with Crippen molar-refractivity contribution in [3.63, 3.8) is 0 Å². The summed E-state index contributed by atoms with van der Waals surface area (Å²) in [6.45, 7) is -0.351. The minimum atomic E-state index is -1.13. The van der Waals surface area contributed by atoms with E-state index >= 15 is 0 Å². The van der Waals surface area contributed by atoms with Gasteiger partial charge in [-0.1, -0.05) is 0 Å². The summed E-state index contributed by atoms with van der Waals surface area (Å²) in [5.74, 6) is -0.458. The molecule has 0 spiro atoms. The van der Waals surface area contributed by atoms with Crippen molar-refractivity contribution in [2.75, 3.05) is 20.8 Å². The van der Waals surface area contributed by atoms with Crippen LogP contribution in [0.4, 0.5) is 0 Å². The van der Waals surface area contributed by atoms with Crippen LogP contribution in [0, 0.1) is 0 Å². The largest absolute Gasteiger partial charge is 0.493 e. The Morgan fingerprint density at radius 2 is 1.88 bits per heavy atom. The summed E-state index contributed by atoms with van der Waals surface area (Å²) in [4.78, 5) is 11.1. The van der Waals surface area contributed by atoms with E-state index in [4.69, 9.17) is 25.4 Å². The van der Waals surface area contributed by atoms with Gasteiger partial charge in [0.25, 0.3) is 0 Å². The Morgan fingerprint density at radius 1 is 1.35 bits per heavy atom. The van der Waals surface area contributed by atoms with Crippen molar-refractivity contribution in [1.29, 1.82) is 0 Å². The number of hydrogen-bond donors (Lipinski definition) is 3. The number of methoxy groups -OCH3 is 2. The summed E-state index contributed by atoms with van der Waals surface area (Å²) in [6.07, 6.45) is 0. The highest BCUT2D eigenvalue weighted by Gasteiger charge is 2.19. The maximum atomic E-state index is 11.1. The Kier molecular flexibility index (Phi) is 4.30. The summed E-state index contributed by atoms with van der Waals surface area (Å²) in [5.41, 5.74) is 5.93. The van der Waals surface area contributed by atoms with E-state index in [2.05, 4.69) is 0 Å². The average molecular weight is 241 g/mol. The molecule has 0 amide bonds. The molecule has 6 nitrogen and oxygen atoms in total. The zero-order valence-electron chi connectivity index (χ0n) is 9.64. The molecule has 0 radical (unpaired) electrons. The first-order chi connectivity index (χ1) is 8.04. The van der Waals surface area contributed by atoms with Gasteiger partial charge in [-0.15, -0.1) is 0 Å². The number of carbonyl (C=O) groups is 1. The first kappa shape index (κ1) is 13.3. The monoisotopic (exact) mass is 241 g/mol. The highest BCUT2D eigenvalue weighted by atomic mass is 16.5. The molecule has 17 heavy (non-hydrogen) atoms. The van der Waals surface area contributed by atoms with Gasteiger partial charge < -0.3 is 25.4 Å². The standard InChI is InChI=1S/C11H15NO5/c1-16-9-3-6(8(12)5-13)7(11(14)15)4-10(9)17-2/h3-4,8,13H,5,12H2,1-2H3,(H,14,15)/t8-/m1/s1. The third-order valence-corrected chi connectivity index (χ3v) is 2.38. The van der Waals surface area contributed by atoms with Crippen molar-refractivity contribution in [3.8, 4) is 11.5 Å². The number of ether oxygens (including phenoxy) is 2. The molecule has 6 heteroatoms. The third-order valence-electron chi connectivity index (χ3n) is 2.38. The Morgan fingerprint density at radius 3 is 2.29 bits per heavy atom. The molecule has 1 aromatic rings. The van der Waals surface area contributed by atoms with Crippen LogP contribution < -0.4 is 15.2 Å². The Bertz CT molecular complexity index is 419. The molecule has 0 aromatic heterocycles. The molecule has 0 aliphatic carbocycles. The number of aliphatic hydroxyl groups is 1. The van der Waals surface area contributed by atoms with Gasteiger partial charge in [-0.05, 0) is 17.7 Å². The normalized spacial score (nSPS) is 12.0. The fraction of sp³-hybridized carbons (Fsp3) is 0.364. The molecule has 0 bridgehead atoms. The molecule has 1 atom stereocenters. The summed E-state index contributed by atoms with van der Waals surface area (Å²) in [7, 11) is 2.85. The summed E-state index contributed by atoms with van der Waals surface area (Å²) in [5, 5.41) is 18.1. The van der Waals surface area contributed by atoms with E-state index in [1.165, 1.54) is 26.4 Å². The number of aliphatic hydroxyl groups excluding tert-OH is 1. The van der Waals surface area contributed by atoms with E-state index in [1.807, 2.05) is 0 Å². The predicted octanol–water partition coefficient (Wildman–Crippen LogP) is 0.394. The predicted molar refractivity (Wildman–Crippen MR) is 60.5 cm³/mol. The van der Waals surface area contributed by atoms with Crippen molar-refractivity contribution in [3.05, 3.63) is 23.3 Å². The number of benzene rings is 1.